The van der Waals surface area contributed by atoms with Gasteiger partial charge in [-0.15, -0.1) is 0 Å². The molecule has 0 amide bonds. The van der Waals surface area contributed by atoms with Gasteiger partial charge in [-0.3, -0.25) is 0 Å². The van der Waals surface area contributed by atoms with Crippen LogP contribution in [0.3, 0.4) is 0 Å². The van der Waals surface area contributed by atoms with Gasteiger partial charge in [0, 0.05) is 5.02 Å². The summed E-state index contributed by atoms with van der Waals surface area (Å²) >= 11 is 5.64. The van der Waals surface area contributed by atoms with Crippen LogP contribution in [0.4, 0.5) is 0 Å². The summed E-state index contributed by atoms with van der Waals surface area (Å²) in [7, 11) is 0. The van der Waals surface area contributed by atoms with Gasteiger partial charge < -0.3 is 9.47 Å². The van der Waals surface area contributed by atoms with E-state index < -0.39 is 12.6 Å². The third kappa shape index (κ3) is 4.11. The van der Waals surface area contributed by atoms with Gasteiger partial charge >= 0.3 is 5.97 Å². The fourth-order valence-corrected chi connectivity index (χ4v) is 0.892. The molecule has 0 atom stereocenters. The van der Waals surface area contributed by atoms with Crippen molar-refractivity contribution in [3.05, 3.63) is 29.3 Å². The first-order valence-electron chi connectivity index (χ1n) is 3.84. The van der Waals surface area contributed by atoms with Gasteiger partial charge in [0.1, 0.15) is 5.75 Å². The maximum Gasteiger partial charge on any atom is 0.381 e. The van der Waals surface area contributed by atoms with Crippen molar-refractivity contribution in [2.45, 2.75) is 0 Å². The van der Waals surface area contributed by atoms with E-state index in [-0.39, 0.29) is 6.79 Å². The van der Waals surface area contributed by atoms with E-state index in [2.05, 4.69) is 4.74 Å². The molecule has 0 fully saturated rings. The molecule has 1 aromatic rings. The third-order valence-electron chi connectivity index (χ3n) is 1.34. The molecule has 4 nitrogen and oxygen atoms in total. The first-order chi connectivity index (χ1) is 6.68. The molecule has 1 aromatic carbocycles. The SMILES string of the molecule is [O]C(=O)COCOc1ccc(Cl)cc1. The quantitative estimate of drug-likeness (QED) is 0.554. The topological polar surface area (TPSA) is 55.4 Å². The standard InChI is InChI=1S/C9H8ClO4/c10-7-1-3-8(4-2-7)14-6-13-5-9(11)12/h1-4H,5-6H2. The first kappa shape index (κ1) is 10.8. The fourth-order valence-electron chi connectivity index (χ4n) is 0.766. The summed E-state index contributed by atoms with van der Waals surface area (Å²) in [6.45, 7) is -0.608. The van der Waals surface area contributed by atoms with E-state index in [4.69, 9.17) is 16.3 Å². The van der Waals surface area contributed by atoms with Crippen LogP contribution in [0, 0.1) is 0 Å². The molecule has 0 N–H and O–H groups in total. The van der Waals surface area contributed by atoms with Crippen molar-refractivity contribution in [2.75, 3.05) is 13.4 Å². The number of rotatable bonds is 5. The molecule has 0 heterocycles. The fraction of sp³-hybridized carbons (Fsp3) is 0.222. The van der Waals surface area contributed by atoms with Crippen molar-refractivity contribution in [2.24, 2.45) is 0 Å². The van der Waals surface area contributed by atoms with Crippen molar-refractivity contribution in [3.8, 4) is 5.75 Å². The molecule has 75 valence electrons. The third-order valence-corrected chi connectivity index (χ3v) is 1.59. The van der Waals surface area contributed by atoms with E-state index in [1.807, 2.05) is 0 Å². The molecule has 0 saturated heterocycles. The lowest BCUT2D eigenvalue weighted by Gasteiger charge is -2.04. The minimum atomic E-state index is -1.27. The number of carbonyl (C=O) groups excluding carboxylic acids is 1. The molecule has 1 rings (SSSR count). The van der Waals surface area contributed by atoms with Crippen molar-refractivity contribution in [3.63, 3.8) is 0 Å². The van der Waals surface area contributed by atoms with E-state index >= 15 is 0 Å². The second kappa shape index (κ2) is 5.47. The molecule has 5 heteroatoms. The summed E-state index contributed by atoms with van der Waals surface area (Å²) in [5.41, 5.74) is 0. The second-order valence-corrected chi connectivity index (χ2v) is 2.87. The zero-order valence-corrected chi connectivity index (χ0v) is 7.99. The smallest absolute Gasteiger partial charge is 0.381 e. The molecule has 1 radical (unpaired) electrons. The van der Waals surface area contributed by atoms with Gasteiger partial charge in [0.25, 0.3) is 0 Å². The van der Waals surface area contributed by atoms with E-state index in [0.29, 0.717) is 10.8 Å². The molecule has 14 heavy (non-hydrogen) atoms. The molecule has 0 aliphatic heterocycles. The second-order valence-electron chi connectivity index (χ2n) is 2.44. The number of hydrogen-bond donors (Lipinski definition) is 0. The number of carbonyl (C=O) groups is 1. The van der Waals surface area contributed by atoms with Gasteiger partial charge in [0.05, 0.1) is 0 Å². The molecule has 0 spiro atoms. The lowest BCUT2D eigenvalue weighted by atomic mass is 10.3. The summed E-state index contributed by atoms with van der Waals surface area (Å²) < 4.78 is 9.65. The lowest BCUT2D eigenvalue weighted by molar-refractivity contribution is -0.151. The Morgan fingerprint density at radius 1 is 1.29 bits per heavy atom. The predicted molar refractivity (Wildman–Crippen MR) is 48.6 cm³/mol. The summed E-state index contributed by atoms with van der Waals surface area (Å²) in [5, 5.41) is 10.6. The Hall–Kier alpha value is -1.26. The van der Waals surface area contributed by atoms with Crippen LogP contribution >= 0.6 is 11.6 Å². The first-order valence-corrected chi connectivity index (χ1v) is 4.22. The number of hydrogen-bond acceptors (Lipinski definition) is 3. The average Bonchev–Trinajstić information content (AvgIpc) is 2.15. The molecule has 0 bridgehead atoms. The minimum Gasteiger partial charge on any atom is -0.468 e. The summed E-state index contributed by atoms with van der Waals surface area (Å²) in [6.07, 6.45) is 0. The highest BCUT2D eigenvalue weighted by atomic mass is 35.5. The minimum absolute atomic E-state index is 0.129. The van der Waals surface area contributed by atoms with Crippen LogP contribution in [0.1, 0.15) is 0 Å². The van der Waals surface area contributed by atoms with Gasteiger partial charge in [-0.2, -0.15) is 0 Å². The van der Waals surface area contributed by atoms with Crippen LogP contribution in [0.15, 0.2) is 24.3 Å². The summed E-state index contributed by atoms with van der Waals surface area (Å²) in [4.78, 5) is 9.95. The lowest BCUT2D eigenvalue weighted by Crippen LogP contribution is -2.10. The highest BCUT2D eigenvalue weighted by Gasteiger charge is 1.99. The van der Waals surface area contributed by atoms with Gasteiger partial charge in [-0.1, -0.05) is 11.6 Å². The normalized spacial score (nSPS) is 9.79. The summed E-state index contributed by atoms with van der Waals surface area (Å²) in [5.74, 6) is -0.711. The van der Waals surface area contributed by atoms with Crippen molar-refractivity contribution < 1.29 is 19.4 Å². The van der Waals surface area contributed by atoms with E-state index in [1.165, 1.54) is 0 Å². The van der Waals surface area contributed by atoms with Crippen LogP contribution in [0.5, 0.6) is 5.75 Å². The zero-order valence-electron chi connectivity index (χ0n) is 7.23. The van der Waals surface area contributed by atoms with Crippen LogP contribution in [0.25, 0.3) is 0 Å². The molecular formula is C9H8ClO4. The molecule has 0 aliphatic carbocycles. The Kier molecular flexibility index (Phi) is 4.22. The van der Waals surface area contributed by atoms with Gasteiger partial charge in [-0.05, 0) is 24.3 Å². The molecule has 0 aromatic heterocycles. The number of halogens is 1. The summed E-state index contributed by atoms with van der Waals surface area (Å²) in [6, 6.07) is 6.64. The predicted octanol–water partition coefficient (Wildman–Crippen LogP) is 1.65. The number of ether oxygens (including phenoxy) is 2. The number of benzene rings is 1. The van der Waals surface area contributed by atoms with Crippen LogP contribution in [0.2, 0.25) is 5.02 Å². The van der Waals surface area contributed by atoms with E-state index in [0.717, 1.165) is 0 Å². The highest BCUT2D eigenvalue weighted by Crippen LogP contribution is 2.15. The van der Waals surface area contributed by atoms with Crippen LogP contribution < -0.4 is 4.74 Å². The Morgan fingerprint density at radius 3 is 2.50 bits per heavy atom. The molecular weight excluding hydrogens is 208 g/mol. The molecule has 0 aliphatic rings. The highest BCUT2D eigenvalue weighted by molar-refractivity contribution is 6.30. The maximum absolute atomic E-state index is 9.95. The Balaban J connectivity index is 2.25. The average molecular weight is 216 g/mol. The molecule has 0 saturated carbocycles. The Bertz CT molecular complexity index is 296. The van der Waals surface area contributed by atoms with Crippen molar-refractivity contribution in [1.82, 2.24) is 0 Å². The largest absolute Gasteiger partial charge is 0.468 e. The van der Waals surface area contributed by atoms with Gasteiger partial charge in [0.2, 0.25) is 0 Å². The van der Waals surface area contributed by atoms with Crippen molar-refractivity contribution in [1.29, 1.82) is 0 Å². The van der Waals surface area contributed by atoms with E-state index in [1.54, 1.807) is 24.3 Å². The van der Waals surface area contributed by atoms with Gasteiger partial charge in [-0.25, -0.2) is 9.90 Å². The van der Waals surface area contributed by atoms with Crippen molar-refractivity contribution >= 4 is 17.6 Å². The molecule has 0 unspecified atom stereocenters. The monoisotopic (exact) mass is 215 g/mol. The maximum atomic E-state index is 9.95. The van der Waals surface area contributed by atoms with Crippen LogP contribution in [-0.2, 0) is 14.6 Å². The van der Waals surface area contributed by atoms with E-state index in [9.17, 15) is 9.90 Å². The van der Waals surface area contributed by atoms with Crippen LogP contribution in [-0.4, -0.2) is 19.4 Å². The Morgan fingerprint density at radius 2 is 1.93 bits per heavy atom. The zero-order chi connectivity index (χ0) is 10.4. The Labute approximate surface area is 86.0 Å². The van der Waals surface area contributed by atoms with Gasteiger partial charge in [0.15, 0.2) is 13.4 Å².